The van der Waals surface area contributed by atoms with Crippen LogP contribution in [0.3, 0.4) is 0 Å². The van der Waals surface area contributed by atoms with E-state index in [9.17, 15) is 9.59 Å². The molecule has 0 fully saturated rings. The van der Waals surface area contributed by atoms with Crippen LogP contribution in [0, 0.1) is 0 Å². The Balaban J connectivity index is 4.30. The van der Waals surface area contributed by atoms with Crippen LogP contribution in [-0.2, 0) is 14.3 Å². The molecule has 5 heteroatoms. The van der Waals surface area contributed by atoms with Gasteiger partial charge in [-0.3, -0.25) is 9.59 Å². The van der Waals surface area contributed by atoms with Gasteiger partial charge in [0.25, 0.3) is 0 Å². The molecule has 16 heavy (non-hydrogen) atoms. The van der Waals surface area contributed by atoms with E-state index in [1.165, 1.54) is 0 Å². The lowest BCUT2D eigenvalue weighted by Gasteiger charge is -2.22. The predicted molar refractivity (Wildman–Crippen MR) is 61.7 cm³/mol. The summed E-state index contributed by atoms with van der Waals surface area (Å²) in [6, 6.07) is -0.588. The molecule has 0 aliphatic rings. The first-order valence-corrected chi connectivity index (χ1v) is 5.39. The highest BCUT2D eigenvalue weighted by Crippen LogP contribution is 2.09. The lowest BCUT2D eigenvalue weighted by molar-refractivity contribution is -0.156. The van der Waals surface area contributed by atoms with E-state index in [0.717, 1.165) is 0 Å². The summed E-state index contributed by atoms with van der Waals surface area (Å²) in [7, 11) is 0. The third kappa shape index (κ3) is 7.23. The molecule has 0 aromatic rings. The molecule has 0 spiro atoms. The molecule has 0 unspecified atom stereocenters. The van der Waals surface area contributed by atoms with Gasteiger partial charge in [-0.15, -0.1) is 0 Å². The molecular weight excluding hydrogens is 208 g/mol. The van der Waals surface area contributed by atoms with Gasteiger partial charge in [-0.2, -0.15) is 0 Å². The molecule has 1 atom stereocenters. The third-order valence-corrected chi connectivity index (χ3v) is 1.67. The monoisotopic (exact) mass is 230 g/mol. The largest absolute Gasteiger partial charge is 0.460 e. The summed E-state index contributed by atoms with van der Waals surface area (Å²) in [5.41, 5.74) is 4.64. The normalized spacial score (nSPS) is 13.6. The molecule has 0 rings (SSSR count). The van der Waals surface area contributed by atoms with E-state index in [1.54, 1.807) is 20.8 Å². The van der Waals surface area contributed by atoms with Gasteiger partial charge in [0, 0.05) is 6.04 Å². The van der Waals surface area contributed by atoms with Crippen LogP contribution in [0.25, 0.3) is 0 Å². The Hall–Kier alpha value is -1.10. The molecule has 0 radical (unpaired) electrons. The van der Waals surface area contributed by atoms with Crippen molar-refractivity contribution in [2.45, 2.75) is 58.7 Å². The number of carbonyl (C=O) groups is 2. The first-order valence-electron chi connectivity index (χ1n) is 5.39. The number of carbonyl (C=O) groups excluding carboxylic acids is 2. The van der Waals surface area contributed by atoms with Gasteiger partial charge >= 0.3 is 5.97 Å². The quantitative estimate of drug-likeness (QED) is 0.676. The maximum atomic E-state index is 11.5. The van der Waals surface area contributed by atoms with Crippen molar-refractivity contribution in [3.05, 3.63) is 0 Å². The van der Waals surface area contributed by atoms with Crippen LogP contribution in [0.5, 0.6) is 0 Å². The van der Waals surface area contributed by atoms with E-state index >= 15 is 0 Å². The van der Waals surface area contributed by atoms with Crippen LogP contribution in [0.15, 0.2) is 0 Å². The second-order valence-corrected chi connectivity index (χ2v) is 5.07. The first-order chi connectivity index (χ1) is 7.11. The number of primary amides is 1. The number of hydrogen-bond donors (Lipinski definition) is 2. The summed E-state index contributed by atoms with van der Waals surface area (Å²) in [5.74, 6) is -0.969. The molecule has 1 amide bonds. The summed E-state index contributed by atoms with van der Waals surface area (Å²) in [5, 5.41) is 2.92. The summed E-state index contributed by atoms with van der Waals surface area (Å²) >= 11 is 0. The minimum Gasteiger partial charge on any atom is -0.460 e. The van der Waals surface area contributed by atoms with Crippen LogP contribution < -0.4 is 11.1 Å². The molecule has 94 valence electrons. The van der Waals surface area contributed by atoms with E-state index in [0.29, 0.717) is 0 Å². The molecule has 0 saturated heterocycles. The Labute approximate surface area is 96.7 Å². The fraction of sp³-hybridized carbons (Fsp3) is 0.818. The van der Waals surface area contributed by atoms with Crippen LogP contribution >= 0.6 is 0 Å². The second kappa shape index (κ2) is 5.84. The lowest BCUT2D eigenvalue weighted by atomic mass is 10.1. The maximum absolute atomic E-state index is 11.5. The number of hydrogen-bond acceptors (Lipinski definition) is 4. The fourth-order valence-corrected chi connectivity index (χ4v) is 1.19. The summed E-state index contributed by atoms with van der Waals surface area (Å²) in [6.45, 7) is 9.09. The number of nitrogens with two attached hydrogens (primary N) is 1. The van der Waals surface area contributed by atoms with Crippen molar-refractivity contribution in [2.75, 3.05) is 0 Å². The topological polar surface area (TPSA) is 81.4 Å². The molecule has 5 nitrogen and oxygen atoms in total. The number of nitrogens with one attached hydrogen (secondary N) is 1. The Kier molecular flexibility index (Phi) is 5.44. The van der Waals surface area contributed by atoms with Gasteiger partial charge in [-0.25, -0.2) is 0 Å². The van der Waals surface area contributed by atoms with E-state index < -0.39 is 23.5 Å². The van der Waals surface area contributed by atoms with Gasteiger partial charge in [0.05, 0.1) is 12.5 Å². The second-order valence-electron chi connectivity index (χ2n) is 5.07. The van der Waals surface area contributed by atoms with E-state index in [1.807, 2.05) is 13.8 Å². The highest BCUT2D eigenvalue weighted by molar-refractivity contribution is 5.85. The number of amides is 1. The third-order valence-electron chi connectivity index (χ3n) is 1.67. The Bertz CT molecular complexity index is 256. The molecule has 0 aliphatic carbocycles. The minimum atomic E-state index is -0.671. The standard InChI is InChI=1S/C11H22N2O3/c1-7(2)13-8(10(12)15)6-9(14)16-11(3,4)5/h7-8,13H,6H2,1-5H3,(H2,12,15)/t8-/m0/s1. The summed E-state index contributed by atoms with van der Waals surface area (Å²) in [6.07, 6.45) is -0.0369. The maximum Gasteiger partial charge on any atom is 0.308 e. The zero-order valence-electron chi connectivity index (χ0n) is 10.7. The molecule has 0 aromatic carbocycles. The predicted octanol–water partition coefficient (Wildman–Crippen LogP) is 0.570. The highest BCUT2D eigenvalue weighted by atomic mass is 16.6. The van der Waals surface area contributed by atoms with Crippen molar-refractivity contribution in [1.29, 1.82) is 0 Å². The van der Waals surface area contributed by atoms with Gasteiger partial charge in [-0.05, 0) is 20.8 Å². The summed E-state index contributed by atoms with van der Waals surface area (Å²) < 4.78 is 5.11. The Morgan fingerprint density at radius 3 is 2.12 bits per heavy atom. The van der Waals surface area contributed by atoms with E-state index in [-0.39, 0.29) is 12.5 Å². The van der Waals surface area contributed by atoms with Crippen LogP contribution in [0.4, 0.5) is 0 Å². The zero-order chi connectivity index (χ0) is 12.9. The molecule has 0 heterocycles. The van der Waals surface area contributed by atoms with Gasteiger partial charge in [0.15, 0.2) is 0 Å². The van der Waals surface area contributed by atoms with E-state index in [2.05, 4.69) is 5.32 Å². The number of ether oxygens (including phenoxy) is 1. The average Bonchev–Trinajstić information content (AvgIpc) is 1.97. The van der Waals surface area contributed by atoms with Crippen LogP contribution in [0.1, 0.15) is 41.0 Å². The van der Waals surface area contributed by atoms with E-state index in [4.69, 9.17) is 10.5 Å². The van der Waals surface area contributed by atoms with Crippen molar-refractivity contribution < 1.29 is 14.3 Å². The SMILES string of the molecule is CC(C)N[C@@H](CC(=O)OC(C)(C)C)C(N)=O. The van der Waals surface area contributed by atoms with Gasteiger partial charge in [0.2, 0.25) is 5.91 Å². The molecule has 0 aromatic heterocycles. The van der Waals surface area contributed by atoms with Crippen LogP contribution in [0.2, 0.25) is 0 Å². The Morgan fingerprint density at radius 1 is 1.31 bits per heavy atom. The molecule has 0 bridgehead atoms. The van der Waals surface area contributed by atoms with Gasteiger partial charge in [-0.1, -0.05) is 13.8 Å². The Morgan fingerprint density at radius 2 is 1.81 bits per heavy atom. The van der Waals surface area contributed by atoms with Crippen LogP contribution in [-0.4, -0.2) is 29.6 Å². The fourth-order valence-electron chi connectivity index (χ4n) is 1.19. The molecule has 3 N–H and O–H groups in total. The summed E-state index contributed by atoms with van der Waals surface area (Å²) in [4.78, 5) is 22.6. The molecular formula is C11H22N2O3. The van der Waals surface area contributed by atoms with Crippen molar-refractivity contribution in [3.63, 3.8) is 0 Å². The minimum absolute atomic E-state index is 0.0369. The smallest absolute Gasteiger partial charge is 0.308 e. The van der Waals surface area contributed by atoms with Gasteiger partial charge < -0.3 is 15.8 Å². The molecule has 0 aliphatic heterocycles. The molecule has 0 saturated carbocycles. The van der Waals surface area contributed by atoms with Gasteiger partial charge in [0.1, 0.15) is 5.60 Å². The van der Waals surface area contributed by atoms with Crippen molar-refractivity contribution in [3.8, 4) is 0 Å². The zero-order valence-corrected chi connectivity index (χ0v) is 10.7. The van der Waals surface area contributed by atoms with Crippen molar-refractivity contribution in [2.24, 2.45) is 5.73 Å². The number of rotatable bonds is 5. The highest BCUT2D eigenvalue weighted by Gasteiger charge is 2.23. The first kappa shape index (κ1) is 14.9. The lowest BCUT2D eigenvalue weighted by Crippen LogP contribution is -2.46. The van der Waals surface area contributed by atoms with Crippen molar-refractivity contribution in [1.82, 2.24) is 5.32 Å². The van der Waals surface area contributed by atoms with Crippen molar-refractivity contribution >= 4 is 11.9 Å². The number of esters is 1. The average molecular weight is 230 g/mol.